The molecule has 2 aromatic carbocycles. The molecule has 0 aliphatic rings. The summed E-state index contributed by atoms with van der Waals surface area (Å²) in [7, 11) is 0. The van der Waals surface area contributed by atoms with Crippen molar-refractivity contribution in [2.45, 2.75) is 12.8 Å². The number of carbonyl (C=O) groups is 1. The molecule has 0 unspecified atom stereocenters. The predicted octanol–water partition coefficient (Wildman–Crippen LogP) is 4.16. The van der Waals surface area contributed by atoms with E-state index in [4.69, 9.17) is 4.42 Å². The summed E-state index contributed by atoms with van der Waals surface area (Å²) in [6.07, 6.45) is 0.819. The van der Waals surface area contributed by atoms with E-state index in [1.807, 2.05) is 48.5 Å². The molecule has 0 radical (unpaired) electrons. The van der Waals surface area contributed by atoms with Crippen molar-refractivity contribution in [3.63, 3.8) is 0 Å². The van der Waals surface area contributed by atoms with Gasteiger partial charge in [-0.05, 0) is 36.4 Å². The van der Waals surface area contributed by atoms with Crippen LogP contribution in [-0.4, -0.2) is 10.9 Å². The zero-order valence-corrected chi connectivity index (χ0v) is 12.8. The Hall–Kier alpha value is -2.14. The van der Waals surface area contributed by atoms with Gasteiger partial charge < -0.3 is 9.73 Å². The lowest BCUT2D eigenvalue weighted by molar-refractivity contribution is -0.116. The zero-order valence-electron chi connectivity index (χ0n) is 11.2. The molecule has 0 aliphatic carbocycles. The highest BCUT2D eigenvalue weighted by Crippen LogP contribution is 2.17. The van der Waals surface area contributed by atoms with Crippen LogP contribution in [0.4, 0.5) is 5.69 Å². The maximum atomic E-state index is 11.9. The molecule has 1 aromatic heterocycles. The van der Waals surface area contributed by atoms with Gasteiger partial charge in [0.15, 0.2) is 11.5 Å². The number of fused-ring (bicyclic) bond motifs is 1. The quantitative estimate of drug-likeness (QED) is 0.772. The minimum atomic E-state index is -0.0559. The molecule has 0 aliphatic heterocycles. The third-order valence-corrected chi connectivity index (χ3v) is 3.56. The Bertz CT molecular complexity index is 732. The molecule has 0 spiro atoms. The van der Waals surface area contributed by atoms with Crippen molar-refractivity contribution < 1.29 is 9.21 Å². The van der Waals surface area contributed by atoms with Crippen molar-refractivity contribution in [2.75, 3.05) is 5.32 Å². The summed E-state index contributed by atoms with van der Waals surface area (Å²) in [5, 5.41) is 2.84. The van der Waals surface area contributed by atoms with Crippen LogP contribution in [0.1, 0.15) is 12.3 Å². The predicted molar refractivity (Wildman–Crippen MR) is 85.1 cm³/mol. The molecule has 3 aromatic rings. The van der Waals surface area contributed by atoms with Gasteiger partial charge in [-0.3, -0.25) is 4.79 Å². The zero-order chi connectivity index (χ0) is 14.7. The molecule has 0 fully saturated rings. The number of hydrogen-bond acceptors (Lipinski definition) is 3. The number of benzene rings is 2. The molecule has 0 atom stereocenters. The number of carbonyl (C=O) groups excluding carboxylic acids is 1. The molecule has 4 nitrogen and oxygen atoms in total. The lowest BCUT2D eigenvalue weighted by atomic mass is 10.2. The van der Waals surface area contributed by atoms with E-state index in [9.17, 15) is 4.79 Å². The van der Waals surface area contributed by atoms with Crippen LogP contribution in [0.3, 0.4) is 0 Å². The minimum absolute atomic E-state index is 0.0559. The van der Waals surface area contributed by atoms with E-state index in [0.717, 1.165) is 21.3 Å². The fourth-order valence-electron chi connectivity index (χ4n) is 2.00. The number of aromatic nitrogens is 1. The fraction of sp³-hybridized carbons (Fsp3) is 0.125. The van der Waals surface area contributed by atoms with E-state index in [2.05, 4.69) is 26.2 Å². The van der Waals surface area contributed by atoms with Crippen molar-refractivity contribution in [3.8, 4) is 0 Å². The first-order chi connectivity index (χ1) is 10.2. The smallest absolute Gasteiger partial charge is 0.224 e. The number of nitrogens with one attached hydrogen (secondary N) is 1. The number of oxazole rings is 1. The highest BCUT2D eigenvalue weighted by molar-refractivity contribution is 9.10. The lowest BCUT2D eigenvalue weighted by Crippen LogP contribution is -2.12. The second kappa shape index (κ2) is 6.10. The van der Waals surface area contributed by atoms with Gasteiger partial charge in [0.2, 0.25) is 5.91 Å². The molecule has 1 amide bonds. The number of para-hydroxylation sites is 2. The number of hydrogen-bond donors (Lipinski definition) is 1. The molecule has 0 saturated heterocycles. The Morgan fingerprint density at radius 1 is 1.14 bits per heavy atom. The summed E-state index contributed by atoms with van der Waals surface area (Å²) in [5.41, 5.74) is 2.35. The first-order valence-electron chi connectivity index (χ1n) is 6.60. The van der Waals surface area contributed by atoms with Gasteiger partial charge in [0.05, 0.1) is 0 Å². The van der Waals surface area contributed by atoms with Crippen molar-refractivity contribution in [3.05, 3.63) is 58.9 Å². The van der Waals surface area contributed by atoms with Crippen LogP contribution in [0.15, 0.2) is 57.4 Å². The van der Waals surface area contributed by atoms with Crippen LogP contribution in [-0.2, 0) is 11.2 Å². The van der Waals surface area contributed by atoms with Gasteiger partial charge in [-0.2, -0.15) is 0 Å². The normalized spacial score (nSPS) is 10.7. The van der Waals surface area contributed by atoms with Gasteiger partial charge >= 0.3 is 0 Å². The van der Waals surface area contributed by atoms with Crippen molar-refractivity contribution >= 4 is 38.6 Å². The summed E-state index contributed by atoms with van der Waals surface area (Å²) in [6.45, 7) is 0. The van der Waals surface area contributed by atoms with Crippen LogP contribution in [0.25, 0.3) is 11.1 Å². The van der Waals surface area contributed by atoms with Gasteiger partial charge in [0, 0.05) is 23.0 Å². The second-order valence-corrected chi connectivity index (χ2v) is 5.55. The van der Waals surface area contributed by atoms with Crippen LogP contribution in [0.5, 0.6) is 0 Å². The summed E-state index contributed by atoms with van der Waals surface area (Å²) in [6, 6.07) is 15.0. The first kappa shape index (κ1) is 13.8. The topological polar surface area (TPSA) is 55.1 Å². The first-order valence-corrected chi connectivity index (χ1v) is 7.40. The molecule has 0 saturated carbocycles. The number of rotatable bonds is 4. The molecular formula is C16H13BrN2O2. The van der Waals surface area contributed by atoms with Crippen molar-refractivity contribution in [2.24, 2.45) is 0 Å². The standard InChI is InChI=1S/C16H13BrN2O2/c17-11-5-7-12(8-6-11)18-15(20)9-10-16-19-13-3-1-2-4-14(13)21-16/h1-8H,9-10H2,(H,18,20). The van der Waals surface area contributed by atoms with E-state index in [0.29, 0.717) is 18.7 Å². The van der Waals surface area contributed by atoms with Gasteiger partial charge in [-0.1, -0.05) is 28.1 Å². The van der Waals surface area contributed by atoms with Gasteiger partial charge in [-0.15, -0.1) is 0 Å². The summed E-state index contributed by atoms with van der Waals surface area (Å²) in [5.74, 6) is 0.529. The third-order valence-electron chi connectivity index (χ3n) is 3.03. The van der Waals surface area contributed by atoms with E-state index in [1.165, 1.54) is 0 Å². The maximum absolute atomic E-state index is 11.9. The van der Waals surface area contributed by atoms with Crippen LogP contribution >= 0.6 is 15.9 Å². The lowest BCUT2D eigenvalue weighted by Gasteiger charge is -2.04. The summed E-state index contributed by atoms with van der Waals surface area (Å²) >= 11 is 3.36. The molecule has 0 bridgehead atoms. The summed E-state index contributed by atoms with van der Waals surface area (Å²) < 4.78 is 6.57. The Morgan fingerprint density at radius 3 is 2.67 bits per heavy atom. The van der Waals surface area contributed by atoms with Gasteiger partial charge in [0.1, 0.15) is 5.52 Å². The third kappa shape index (κ3) is 3.49. The number of amides is 1. The minimum Gasteiger partial charge on any atom is -0.441 e. The number of halogens is 1. The van der Waals surface area contributed by atoms with E-state index < -0.39 is 0 Å². The monoisotopic (exact) mass is 344 g/mol. The average Bonchev–Trinajstić information content (AvgIpc) is 2.90. The highest BCUT2D eigenvalue weighted by Gasteiger charge is 2.08. The highest BCUT2D eigenvalue weighted by atomic mass is 79.9. The Balaban J connectivity index is 1.59. The van der Waals surface area contributed by atoms with Crippen molar-refractivity contribution in [1.82, 2.24) is 4.98 Å². The Morgan fingerprint density at radius 2 is 1.90 bits per heavy atom. The molecule has 1 N–H and O–H groups in total. The largest absolute Gasteiger partial charge is 0.441 e. The molecule has 106 valence electrons. The van der Waals surface area contributed by atoms with Crippen LogP contribution < -0.4 is 5.32 Å². The van der Waals surface area contributed by atoms with E-state index >= 15 is 0 Å². The molecule has 5 heteroatoms. The maximum Gasteiger partial charge on any atom is 0.224 e. The van der Waals surface area contributed by atoms with Crippen LogP contribution in [0.2, 0.25) is 0 Å². The Kier molecular flexibility index (Phi) is 4.01. The van der Waals surface area contributed by atoms with Crippen LogP contribution in [0, 0.1) is 0 Å². The van der Waals surface area contributed by atoms with E-state index in [-0.39, 0.29) is 5.91 Å². The van der Waals surface area contributed by atoms with E-state index in [1.54, 1.807) is 0 Å². The second-order valence-electron chi connectivity index (χ2n) is 4.63. The van der Waals surface area contributed by atoms with Crippen molar-refractivity contribution in [1.29, 1.82) is 0 Å². The molecule has 3 rings (SSSR count). The molecule has 21 heavy (non-hydrogen) atoms. The number of anilines is 1. The van der Waals surface area contributed by atoms with Gasteiger partial charge in [-0.25, -0.2) is 4.98 Å². The fourth-order valence-corrected chi connectivity index (χ4v) is 2.27. The SMILES string of the molecule is O=C(CCc1nc2ccccc2o1)Nc1ccc(Br)cc1. The number of nitrogens with zero attached hydrogens (tertiary/aromatic N) is 1. The average molecular weight is 345 g/mol. The van der Waals surface area contributed by atoms with Gasteiger partial charge in [0.25, 0.3) is 0 Å². The molecular weight excluding hydrogens is 332 g/mol. The number of aryl methyl sites for hydroxylation is 1. The Labute approximate surface area is 130 Å². The molecule has 1 heterocycles. The summed E-state index contributed by atoms with van der Waals surface area (Å²) in [4.78, 5) is 16.2.